The summed E-state index contributed by atoms with van der Waals surface area (Å²) in [6, 6.07) is 31.1. The van der Waals surface area contributed by atoms with Crippen molar-refractivity contribution in [1.29, 1.82) is 0 Å². The third-order valence-electron chi connectivity index (χ3n) is 31.9. The first-order valence-electron chi connectivity index (χ1n) is 40.4. The van der Waals surface area contributed by atoms with Crippen LogP contribution in [0.3, 0.4) is 0 Å². The van der Waals surface area contributed by atoms with Crippen molar-refractivity contribution < 1.29 is 96.4 Å². The molecular weight excluding hydrogens is 1420 g/mol. The van der Waals surface area contributed by atoms with Crippen molar-refractivity contribution in [2.24, 2.45) is 101 Å². The molecular formula is C90H101F5O15. The van der Waals surface area contributed by atoms with E-state index >= 15 is 0 Å². The number of benzene rings is 5. The van der Waals surface area contributed by atoms with Crippen LogP contribution in [0.5, 0.6) is 0 Å². The van der Waals surface area contributed by atoms with Crippen molar-refractivity contribution in [2.45, 2.75) is 224 Å². The van der Waals surface area contributed by atoms with E-state index in [4.69, 9.17) is 0 Å². The Kier molecular flexibility index (Phi) is 19.5. The van der Waals surface area contributed by atoms with Crippen molar-refractivity contribution >= 4 is 41.4 Å². The molecule has 25 rings (SSSR count). The minimum atomic E-state index is -0.960. The van der Waals surface area contributed by atoms with Crippen LogP contribution in [-0.2, 0) is 60.6 Å². The van der Waals surface area contributed by atoms with Gasteiger partial charge in [0, 0.05) is 50.7 Å². The van der Waals surface area contributed by atoms with Gasteiger partial charge in [0.05, 0.1) is 48.9 Å². The summed E-state index contributed by atoms with van der Waals surface area (Å²) in [7, 11) is 0. The smallest absolute Gasteiger partial charge is 0.304 e. The minimum absolute atomic E-state index is 0.0286. The van der Waals surface area contributed by atoms with Crippen LogP contribution in [0, 0.1) is 130 Å². The molecule has 0 aliphatic heterocycles. The fraction of sp³-hybridized carbons (Fsp3) is 0.589. The van der Waals surface area contributed by atoms with Crippen LogP contribution < -0.4 is 0 Å². The summed E-state index contributed by atoms with van der Waals surface area (Å²) in [4.78, 5) is 83.4. The van der Waals surface area contributed by atoms with Gasteiger partial charge in [-0.05, 0) is 313 Å². The lowest BCUT2D eigenvalue weighted by molar-refractivity contribution is -0.197. The number of aliphatic carboxylic acids is 5. The van der Waals surface area contributed by atoms with Crippen LogP contribution in [0.4, 0.5) is 22.0 Å². The number of carboxylic acid groups (broad SMARTS) is 5. The highest BCUT2D eigenvalue weighted by Crippen LogP contribution is 2.70. The van der Waals surface area contributed by atoms with Gasteiger partial charge in [-0.2, -0.15) is 0 Å². The molecule has 14 unspecified atom stereocenters. The molecule has 0 radical (unpaired) electrons. The van der Waals surface area contributed by atoms with Gasteiger partial charge in [-0.3, -0.25) is 33.6 Å². The fourth-order valence-corrected chi connectivity index (χ4v) is 29.0. The first kappa shape index (κ1) is 76.3. The summed E-state index contributed by atoms with van der Waals surface area (Å²) >= 11 is 0. The van der Waals surface area contributed by atoms with Gasteiger partial charge < -0.3 is 40.9 Å². The van der Waals surface area contributed by atoms with Crippen LogP contribution in [0.2, 0.25) is 0 Å². The van der Waals surface area contributed by atoms with Crippen molar-refractivity contribution in [3.05, 3.63) is 178 Å². The first-order valence-corrected chi connectivity index (χ1v) is 40.4. The molecule has 0 amide bonds. The van der Waals surface area contributed by atoms with Crippen LogP contribution in [-0.4, -0.2) is 99.1 Å². The van der Waals surface area contributed by atoms with E-state index < -0.39 is 73.7 Å². The molecule has 20 aliphatic carbocycles. The summed E-state index contributed by atoms with van der Waals surface area (Å²) in [6.07, 6.45) is 20.2. The number of hydrogen-bond donors (Lipinski definition) is 8. The molecule has 8 N–H and O–H groups in total. The summed E-state index contributed by atoms with van der Waals surface area (Å²) in [5.74, 6) is -0.868. The molecule has 20 fully saturated rings. The molecule has 110 heavy (non-hydrogen) atoms. The molecule has 20 aliphatic rings. The number of hydrogen-bond acceptors (Lipinski definition) is 10. The molecule has 5 aromatic carbocycles. The minimum Gasteiger partial charge on any atom is -0.481 e. The zero-order valence-corrected chi connectivity index (χ0v) is 62.0. The predicted molar refractivity (Wildman–Crippen MR) is 392 cm³/mol. The van der Waals surface area contributed by atoms with Crippen LogP contribution in [0.1, 0.15) is 208 Å². The first-order chi connectivity index (χ1) is 52.3. The standard InChI is InChI=1S/3C18H21FO3.2C18H19FO3/c19-15-3-1-13(2-4-15)18(10-16(20)21)14-6-11-5-12(7-14)9-17(18,22)8-11;2*19-15-3-1-12(2-4-15)18(10-16(20)21)13-5-11-6-14(18)9-17(22,7-11)8-13;2*19-14-3-1-12(2-4-14)18(9-16(20)21)13-6-10-5-11(8-13)17(22)15(18)7-10/h1-4,11-12,14,22H,5-10H2,(H,20,21);2*1-4,11,13-14,22H,5-10H2,(H,20,21);2*1-4,10-11,13,15H,5-9H2,(H,20,21)/t11?,12?,14?,17?,18-;;;2*10?,11?,13?,15?,18-/m1..10/s1. The Bertz CT molecular complexity index is 4120. The Morgan fingerprint density at radius 2 is 0.545 bits per heavy atom. The Labute approximate surface area is 637 Å². The second-order valence-electron chi connectivity index (χ2n) is 37.5. The molecule has 20 heteroatoms. The number of aliphatic hydroxyl groups is 3. The Hall–Kier alpha value is -7.68. The molecule has 586 valence electrons. The van der Waals surface area contributed by atoms with E-state index in [0.29, 0.717) is 74.0 Å². The highest BCUT2D eigenvalue weighted by atomic mass is 19.1. The number of carbonyl (C=O) groups is 7. The van der Waals surface area contributed by atoms with E-state index in [-0.39, 0.29) is 138 Å². The van der Waals surface area contributed by atoms with Crippen molar-refractivity contribution in [3.63, 3.8) is 0 Å². The van der Waals surface area contributed by atoms with E-state index in [0.717, 1.165) is 131 Å². The Balaban J connectivity index is 0.000000104. The maximum atomic E-state index is 13.3. The van der Waals surface area contributed by atoms with Crippen molar-refractivity contribution in [2.75, 3.05) is 0 Å². The fourth-order valence-electron chi connectivity index (χ4n) is 29.0. The van der Waals surface area contributed by atoms with Gasteiger partial charge in [0.1, 0.15) is 40.7 Å². The molecule has 15 nitrogen and oxygen atoms in total. The number of halogens is 5. The van der Waals surface area contributed by atoms with Gasteiger partial charge in [-0.15, -0.1) is 0 Å². The molecule has 17 atom stereocenters. The summed E-state index contributed by atoms with van der Waals surface area (Å²) in [5, 5.41) is 80.4. The summed E-state index contributed by atoms with van der Waals surface area (Å²) in [5.41, 5.74) is -0.740. The van der Waals surface area contributed by atoms with E-state index in [1.165, 1.54) is 67.1 Å². The molecule has 0 aromatic heterocycles. The topological polar surface area (TPSA) is 281 Å². The van der Waals surface area contributed by atoms with Gasteiger partial charge in [-0.1, -0.05) is 60.7 Å². The van der Waals surface area contributed by atoms with Gasteiger partial charge in [0.2, 0.25) is 0 Å². The molecule has 0 saturated heterocycles. The van der Waals surface area contributed by atoms with E-state index in [9.17, 15) is 96.4 Å². The molecule has 0 spiro atoms. The molecule has 20 bridgehead atoms. The second-order valence-corrected chi connectivity index (χ2v) is 37.5. The summed E-state index contributed by atoms with van der Waals surface area (Å²) in [6.45, 7) is 0. The van der Waals surface area contributed by atoms with E-state index in [1.807, 2.05) is 0 Å². The lowest BCUT2D eigenvalue weighted by atomic mass is 9.41. The predicted octanol–water partition coefficient (Wildman–Crippen LogP) is 15.7. The number of carboxylic acids is 5. The van der Waals surface area contributed by atoms with E-state index in [1.54, 1.807) is 60.7 Å². The zero-order chi connectivity index (χ0) is 77.6. The van der Waals surface area contributed by atoms with Crippen LogP contribution in [0.25, 0.3) is 0 Å². The number of carbonyl (C=O) groups excluding carboxylic acids is 2. The average Bonchev–Trinajstić information content (AvgIpc) is 0.702. The monoisotopic (exact) mass is 1520 g/mol. The molecule has 0 heterocycles. The lowest BCUT2D eigenvalue weighted by Crippen LogP contribution is -2.67. The van der Waals surface area contributed by atoms with Crippen LogP contribution in [0.15, 0.2) is 121 Å². The van der Waals surface area contributed by atoms with Crippen LogP contribution >= 0.6 is 0 Å². The highest BCUT2D eigenvalue weighted by molar-refractivity contribution is 5.90. The number of rotatable bonds is 15. The Morgan fingerprint density at radius 1 is 0.282 bits per heavy atom. The van der Waals surface area contributed by atoms with Crippen molar-refractivity contribution in [3.8, 4) is 0 Å². The second kappa shape index (κ2) is 28.2. The van der Waals surface area contributed by atoms with Gasteiger partial charge in [-0.25, -0.2) is 22.0 Å². The summed E-state index contributed by atoms with van der Waals surface area (Å²) < 4.78 is 66.5. The lowest BCUT2D eigenvalue weighted by Gasteiger charge is -2.65. The Morgan fingerprint density at radius 3 is 0.836 bits per heavy atom. The largest absolute Gasteiger partial charge is 0.481 e. The highest BCUT2D eigenvalue weighted by Gasteiger charge is 2.69. The van der Waals surface area contributed by atoms with Gasteiger partial charge in [0.15, 0.2) is 0 Å². The maximum absolute atomic E-state index is 13.3. The molecule has 20 saturated carbocycles. The van der Waals surface area contributed by atoms with E-state index in [2.05, 4.69) is 0 Å². The average molecular weight is 1520 g/mol. The quantitative estimate of drug-likeness (QED) is 0.0452. The SMILES string of the molecule is O=C(O)CC1(c2ccc(F)cc2)C2CC3CC1CC(O)(C3)C2.O=C(O)CC1(c2ccc(F)cc2)C2CC3CC1CC(O)(C3)C2.O=C(O)C[C@@]1(c2ccc(F)cc2)C2CC3CC(C2)C(=O)C1C3.O=C(O)C[C@@]1(c2ccc(F)cc2)C2CC3CC(C2)CC1(O)C3.O=C(O)C[C@]1(c2ccc(F)cc2)C2CC3CC(C2)C(=O)C1C3. The third kappa shape index (κ3) is 13.0. The van der Waals surface area contributed by atoms with Crippen molar-refractivity contribution in [1.82, 2.24) is 0 Å². The maximum Gasteiger partial charge on any atom is 0.304 e. The third-order valence-corrected chi connectivity index (χ3v) is 31.9. The zero-order valence-electron chi connectivity index (χ0n) is 62.0. The van der Waals surface area contributed by atoms with Gasteiger partial charge >= 0.3 is 29.8 Å². The number of Topliss-reactive ketones (excluding diaryl/α,β-unsaturated/α-hetero) is 2. The normalized spacial score (nSPS) is 41.2. The van der Waals surface area contributed by atoms with Gasteiger partial charge in [0.25, 0.3) is 0 Å². The molecule has 5 aromatic rings. The number of ketones is 2.